The molecule has 2 N–H and O–H groups in total. The van der Waals surface area contributed by atoms with E-state index in [1.54, 1.807) is 4.90 Å². The molecule has 1 fully saturated rings. The Morgan fingerprint density at radius 3 is 2.35 bits per heavy atom. The summed E-state index contributed by atoms with van der Waals surface area (Å²) in [5.74, 6) is -2.68. The molecule has 6 nitrogen and oxygen atoms in total. The second-order valence-corrected chi connectivity index (χ2v) is 5.31. The minimum Gasteiger partial charge on any atom is -0.383 e. The number of methoxy groups -OCH3 is 1. The SMILES string of the molecule is COCC(N)C(=O)N1CCN(C(=O)c2ccc(F)c(F)c2)CC1. The Bertz CT molecular complexity index is 589. The summed E-state index contributed by atoms with van der Waals surface area (Å²) in [6.45, 7) is 1.43. The van der Waals surface area contributed by atoms with Gasteiger partial charge in [-0.05, 0) is 18.2 Å². The number of carbonyl (C=O) groups is 2. The molecule has 1 unspecified atom stereocenters. The maximum absolute atomic E-state index is 13.2. The molecule has 1 aromatic rings. The normalized spacial score (nSPS) is 16.3. The van der Waals surface area contributed by atoms with Gasteiger partial charge in [-0.25, -0.2) is 8.78 Å². The largest absolute Gasteiger partial charge is 0.383 e. The first-order valence-electron chi connectivity index (χ1n) is 7.21. The molecular weight excluding hydrogens is 308 g/mol. The van der Waals surface area contributed by atoms with Crippen molar-refractivity contribution in [1.29, 1.82) is 0 Å². The summed E-state index contributed by atoms with van der Waals surface area (Å²) in [4.78, 5) is 27.4. The van der Waals surface area contributed by atoms with Gasteiger partial charge in [0.25, 0.3) is 5.91 Å². The summed E-state index contributed by atoms with van der Waals surface area (Å²) in [5, 5.41) is 0. The second kappa shape index (κ2) is 7.47. The molecule has 0 aromatic heterocycles. The van der Waals surface area contributed by atoms with Crippen molar-refractivity contribution >= 4 is 11.8 Å². The molecule has 8 heteroatoms. The number of amides is 2. The zero-order chi connectivity index (χ0) is 17.0. The predicted molar refractivity (Wildman–Crippen MR) is 78.7 cm³/mol. The lowest BCUT2D eigenvalue weighted by atomic mass is 10.1. The van der Waals surface area contributed by atoms with E-state index in [2.05, 4.69) is 0 Å². The van der Waals surface area contributed by atoms with Crippen LogP contribution in [0.15, 0.2) is 18.2 Å². The fraction of sp³-hybridized carbons (Fsp3) is 0.467. The molecule has 1 aliphatic rings. The summed E-state index contributed by atoms with van der Waals surface area (Å²) >= 11 is 0. The maximum Gasteiger partial charge on any atom is 0.254 e. The first kappa shape index (κ1) is 17.3. The smallest absolute Gasteiger partial charge is 0.254 e. The van der Waals surface area contributed by atoms with Crippen molar-refractivity contribution in [2.45, 2.75) is 6.04 Å². The van der Waals surface area contributed by atoms with E-state index in [0.717, 1.165) is 12.1 Å². The summed E-state index contributed by atoms with van der Waals surface area (Å²) in [6, 6.07) is 2.32. The number of ether oxygens (including phenoxy) is 1. The van der Waals surface area contributed by atoms with Gasteiger partial charge in [0.1, 0.15) is 6.04 Å². The molecule has 23 heavy (non-hydrogen) atoms. The summed E-state index contributed by atoms with van der Waals surface area (Å²) in [6.07, 6.45) is 0. The third-order valence-electron chi connectivity index (χ3n) is 3.71. The Labute approximate surface area is 132 Å². The van der Waals surface area contributed by atoms with Crippen molar-refractivity contribution in [1.82, 2.24) is 9.80 Å². The topological polar surface area (TPSA) is 75.9 Å². The minimum atomic E-state index is -1.06. The van der Waals surface area contributed by atoms with Gasteiger partial charge in [0.2, 0.25) is 5.91 Å². The molecule has 126 valence electrons. The molecule has 1 atom stereocenters. The van der Waals surface area contributed by atoms with E-state index in [4.69, 9.17) is 10.5 Å². The Balaban J connectivity index is 1.94. The number of carbonyl (C=O) groups excluding carboxylic acids is 2. The van der Waals surface area contributed by atoms with Crippen LogP contribution in [0.3, 0.4) is 0 Å². The molecule has 2 rings (SSSR count). The van der Waals surface area contributed by atoms with Gasteiger partial charge in [-0.2, -0.15) is 0 Å². The zero-order valence-electron chi connectivity index (χ0n) is 12.8. The van der Waals surface area contributed by atoms with Crippen molar-refractivity contribution in [3.8, 4) is 0 Å². The van der Waals surface area contributed by atoms with Gasteiger partial charge >= 0.3 is 0 Å². The third kappa shape index (κ3) is 4.02. The molecule has 0 bridgehead atoms. The number of hydrogen-bond donors (Lipinski definition) is 1. The molecule has 0 radical (unpaired) electrons. The van der Waals surface area contributed by atoms with Crippen LogP contribution in [0.5, 0.6) is 0 Å². The fourth-order valence-electron chi connectivity index (χ4n) is 2.43. The Morgan fingerprint density at radius 2 is 1.78 bits per heavy atom. The Morgan fingerprint density at radius 1 is 1.17 bits per heavy atom. The predicted octanol–water partition coefficient (Wildman–Crippen LogP) is 0.223. The van der Waals surface area contributed by atoms with Crippen molar-refractivity contribution in [2.75, 3.05) is 39.9 Å². The number of rotatable bonds is 4. The highest BCUT2D eigenvalue weighted by Crippen LogP contribution is 2.13. The second-order valence-electron chi connectivity index (χ2n) is 5.31. The third-order valence-corrected chi connectivity index (χ3v) is 3.71. The van der Waals surface area contributed by atoms with Gasteiger partial charge in [-0.15, -0.1) is 0 Å². The van der Waals surface area contributed by atoms with Gasteiger partial charge < -0.3 is 20.3 Å². The van der Waals surface area contributed by atoms with Crippen LogP contribution in [-0.4, -0.2) is 67.6 Å². The lowest BCUT2D eigenvalue weighted by Crippen LogP contribution is -2.55. The number of nitrogens with zero attached hydrogens (tertiary/aromatic N) is 2. The average molecular weight is 327 g/mol. The first-order valence-corrected chi connectivity index (χ1v) is 7.21. The highest BCUT2D eigenvalue weighted by atomic mass is 19.2. The van der Waals surface area contributed by atoms with Crippen LogP contribution in [-0.2, 0) is 9.53 Å². The molecule has 1 heterocycles. The van der Waals surface area contributed by atoms with Crippen molar-refractivity contribution in [3.63, 3.8) is 0 Å². The Kier molecular flexibility index (Phi) is 5.62. The molecular formula is C15H19F2N3O3. The van der Waals surface area contributed by atoms with E-state index in [1.807, 2.05) is 0 Å². The molecule has 1 aromatic carbocycles. The van der Waals surface area contributed by atoms with Crippen LogP contribution in [0.2, 0.25) is 0 Å². The first-order chi connectivity index (χ1) is 10.9. The van der Waals surface area contributed by atoms with Gasteiger partial charge in [-0.3, -0.25) is 9.59 Å². The molecule has 0 spiro atoms. The Hall–Kier alpha value is -2.06. The van der Waals surface area contributed by atoms with Crippen LogP contribution in [0, 0.1) is 11.6 Å². The lowest BCUT2D eigenvalue weighted by Gasteiger charge is -2.35. The van der Waals surface area contributed by atoms with E-state index in [0.29, 0.717) is 26.2 Å². The van der Waals surface area contributed by atoms with Crippen LogP contribution >= 0.6 is 0 Å². The summed E-state index contributed by atoms with van der Waals surface area (Å²) in [5.41, 5.74) is 5.78. The van der Waals surface area contributed by atoms with E-state index < -0.39 is 23.6 Å². The minimum absolute atomic E-state index is 0.0831. The zero-order valence-corrected chi connectivity index (χ0v) is 12.8. The van der Waals surface area contributed by atoms with E-state index in [1.165, 1.54) is 18.1 Å². The number of nitrogens with two attached hydrogens (primary N) is 1. The van der Waals surface area contributed by atoms with Gasteiger partial charge in [0.15, 0.2) is 11.6 Å². The van der Waals surface area contributed by atoms with Crippen molar-refractivity contribution in [3.05, 3.63) is 35.4 Å². The van der Waals surface area contributed by atoms with Crippen LogP contribution in [0.1, 0.15) is 10.4 Å². The highest BCUT2D eigenvalue weighted by molar-refractivity contribution is 5.94. The van der Waals surface area contributed by atoms with Gasteiger partial charge in [0, 0.05) is 38.9 Å². The maximum atomic E-state index is 13.2. The summed E-state index contributed by atoms with van der Waals surface area (Å²) in [7, 11) is 1.46. The van der Waals surface area contributed by atoms with Gasteiger partial charge in [0.05, 0.1) is 6.61 Å². The fourth-order valence-corrected chi connectivity index (χ4v) is 2.43. The number of benzene rings is 1. The number of halogens is 2. The molecule has 1 saturated heterocycles. The summed E-state index contributed by atoms with van der Waals surface area (Å²) < 4.78 is 31.0. The van der Waals surface area contributed by atoms with E-state index in [9.17, 15) is 18.4 Å². The molecule has 1 aliphatic heterocycles. The molecule has 2 amide bonds. The van der Waals surface area contributed by atoms with Gasteiger partial charge in [-0.1, -0.05) is 0 Å². The molecule has 0 aliphatic carbocycles. The monoisotopic (exact) mass is 327 g/mol. The van der Waals surface area contributed by atoms with Crippen molar-refractivity contribution < 1.29 is 23.1 Å². The van der Waals surface area contributed by atoms with Crippen molar-refractivity contribution in [2.24, 2.45) is 5.73 Å². The average Bonchev–Trinajstić information content (AvgIpc) is 2.56. The molecule has 0 saturated carbocycles. The highest BCUT2D eigenvalue weighted by Gasteiger charge is 2.27. The standard InChI is InChI=1S/C15H19F2N3O3/c1-23-9-13(18)15(22)20-6-4-19(5-7-20)14(21)10-2-3-11(16)12(17)8-10/h2-3,8,13H,4-7,9,18H2,1H3. The number of piperazine rings is 1. The van der Waals surface area contributed by atoms with Crippen LogP contribution in [0.25, 0.3) is 0 Å². The van der Waals surface area contributed by atoms with E-state index in [-0.39, 0.29) is 18.1 Å². The van der Waals surface area contributed by atoms with Crippen LogP contribution < -0.4 is 5.73 Å². The van der Waals surface area contributed by atoms with E-state index >= 15 is 0 Å². The van der Waals surface area contributed by atoms with Crippen LogP contribution in [0.4, 0.5) is 8.78 Å². The lowest BCUT2D eigenvalue weighted by molar-refractivity contribution is -0.135. The quantitative estimate of drug-likeness (QED) is 0.858. The number of hydrogen-bond acceptors (Lipinski definition) is 4.